The summed E-state index contributed by atoms with van der Waals surface area (Å²) in [5, 5.41) is 0. The van der Waals surface area contributed by atoms with E-state index in [-0.39, 0.29) is 0 Å². The second-order valence-electron chi connectivity index (χ2n) is 1.73. The molecule has 0 saturated carbocycles. The highest BCUT2D eigenvalue weighted by atomic mass is 33.1. The molecule has 0 aliphatic carbocycles. The quantitative estimate of drug-likeness (QED) is 0.549. The molecule has 0 bridgehead atoms. The van der Waals surface area contributed by atoms with Crippen molar-refractivity contribution in [1.82, 2.24) is 0 Å². The highest BCUT2D eigenvalue weighted by Gasteiger charge is 2.21. The number of thioether (sulfide) groups is 1. The predicted octanol–water partition coefficient (Wildman–Crippen LogP) is 3.20. The summed E-state index contributed by atoms with van der Waals surface area (Å²) >= 11 is 2.09. The van der Waals surface area contributed by atoms with Crippen LogP contribution in [0.3, 0.4) is 0 Å². The molecule has 48 valence electrons. The van der Waals surface area contributed by atoms with Crippen molar-refractivity contribution < 1.29 is 0 Å². The lowest BCUT2D eigenvalue weighted by Gasteiger charge is -1.99. The van der Waals surface area contributed by atoms with Gasteiger partial charge in [0.2, 0.25) is 0 Å². The molecule has 0 unspecified atom stereocenters. The molecule has 1 heterocycles. The van der Waals surface area contributed by atoms with Crippen LogP contribution in [-0.4, -0.2) is 9.16 Å². The Hall–Kier alpha value is 1.05. The van der Waals surface area contributed by atoms with E-state index >= 15 is 0 Å². The van der Waals surface area contributed by atoms with E-state index in [0.29, 0.717) is 0 Å². The molecule has 8 heavy (non-hydrogen) atoms. The van der Waals surface area contributed by atoms with Gasteiger partial charge in [-0.1, -0.05) is 28.5 Å². The summed E-state index contributed by atoms with van der Waals surface area (Å²) in [7, 11) is 4.04. The first-order valence-corrected chi connectivity index (χ1v) is 6.02. The zero-order valence-electron chi connectivity index (χ0n) is 5.09. The second-order valence-corrected chi connectivity index (χ2v) is 6.69. The summed E-state index contributed by atoms with van der Waals surface area (Å²) in [5.74, 6) is 0. The van der Waals surface area contributed by atoms with Crippen molar-refractivity contribution >= 4 is 33.3 Å². The fourth-order valence-electron chi connectivity index (χ4n) is 0.564. The van der Waals surface area contributed by atoms with Gasteiger partial charge in [-0.25, -0.2) is 0 Å². The Labute approximate surface area is 63.0 Å². The third kappa shape index (κ3) is 1.78. The average Bonchev–Trinajstić information content (AvgIpc) is 2.14. The molecule has 2 atom stereocenters. The summed E-state index contributed by atoms with van der Waals surface area (Å²) in [6.45, 7) is 4.53. The van der Waals surface area contributed by atoms with E-state index in [1.165, 1.54) is 6.42 Å². The maximum Gasteiger partial charge on any atom is 0.0615 e. The zero-order valence-corrected chi connectivity index (χ0v) is 7.54. The van der Waals surface area contributed by atoms with Gasteiger partial charge in [0.25, 0.3) is 0 Å². The maximum absolute atomic E-state index is 2.28. The topological polar surface area (TPSA) is 0 Å². The Morgan fingerprint density at radius 2 is 2.12 bits per heavy atom. The summed E-state index contributed by atoms with van der Waals surface area (Å²) < 4.78 is 1.69. The molecule has 0 N–H and O–H groups in total. The van der Waals surface area contributed by atoms with Crippen molar-refractivity contribution in [3.05, 3.63) is 0 Å². The van der Waals surface area contributed by atoms with E-state index in [1.807, 2.05) is 21.6 Å². The van der Waals surface area contributed by atoms with Crippen molar-refractivity contribution in [1.29, 1.82) is 0 Å². The molecule has 0 aromatic rings. The fraction of sp³-hybridized carbons (Fsp3) is 1.00. The molecule has 1 saturated heterocycles. The van der Waals surface area contributed by atoms with Crippen molar-refractivity contribution in [2.24, 2.45) is 0 Å². The second kappa shape index (κ2) is 3.28. The highest BCUT2D eigenvalue weighted by Crippen LogP contribution is 2.51. The molecule has 1 rings (SSSR count). The Kier molecular flexibility index (Phi) is 2.93. The molecule has 0 nitrogen and oxygen atoms in total. The first-order chi connectivity index (χ1) is 3.83. The number of rotatable bonds is 1. The Balaban J connectivity index is 2.22. The molecule has 0 amide bonds. The summed E-state index contributed by atoms with van der Waals surface area (Å²) in [4.78, 5) is 0. The normalized spacial score (nSPS) is 38.2. The largest absolute Gasteiger partial charge is 0.132 e. The first-order valence-electron chi connectivity index (χ1n) is 2.80. The van der Waals surface area contributed by atoms with Gasteiger partial charge in [-0.3, -0.25) is 0 Å². The van der Waals surface area contributed by atoms with Crippen LogP contribution in [-0.2, 0) is 0 Å². The minimum atomic E-state index is 0.824. The van der Waals surface area contributed by atoms with Gasteiger partial charge in [0.15, 0.2) is 0 Å². The van der Waals surface area contributed by atoms with Crippen molar-refractivity contribution in [3.63, 3.8) is 0 Å². The Bertz CT molecular complexity index is 74.1. The molecule has 0 radical (unpaired) electrons. The molecule has 3 heteroatoms. The van der Waals surface area contributed by atoms with Crippen LogP contribution in [0.1, 0.15) is 20.3 Å². The number of hydrogen-bond acceptors (Lipinski definition) is 3. The molecule has 0 spiro atoms. The molecule has 1 fully saturated rings. The minimum Gasteiger partial charge on any atom is -0.132 e. The van der Waals surface area contributed by atoms with E-state index in [2.05, 4.69) is 25.6 Å². The van der Waals surface area contributed by atoms with Crippen molar-refractivity contribution in [2.45, 2.75) is 29.4 Å². The van der Waals surface area contributed by atoms with Gasteiger partial charge in [0.05, 0.1) is 9.16 Å². The van der Waals surface area contributed by atoms with E-state index in [4.69, 9.17) is 0 Å². The van der Waals surface area contributed by atoms with Gasteiger partial charge in [0.1, 0.15) is 0 Å². The SMILES string of the molecule is CC[C@@H]1SS[C@H](C)S1. The average molecular weight is 166 g/mol. The van der Waals surface area contributed by atoms with Crippen LogP contribution in [0.2, 0.25) is 0 Å². The van der Waals surface area contributed by atoms with Crippen molar-refractivity contribution in [2.75, 3.05) is 0 Å². The van der Waals surface area contributed by atoms with Gasteiger partial charge >= 0.3 is 0 Å². The Morgan fingerprint density at radius 1 is 1.38 bits per heavy atom. The van der Waals surface area contributed by atoms with Gasteiger partial charge in [0, 0.05) is 0 Å². The van der Waals surface area contributed by atoms with E-state index in [0.717, 1.165) is 9.16 Å². The maximum atomic E-state index is 2.28. The van der Waals surface area contributed by atoms with Crippen LogP contribution < -0.4 is 0 Å². The molecular weight excluding hydrogens is 156 g/mol. The summed E-state index contributed by atoms with van der Waals surface area (Å²) in [5.41, 5.74) is 0. The lowest BCUT2D eigenvalue weighted by Crippen LogP contribution is -1.87. The lowest BCUT2D eigenvalue weighted by molar-refractivity contribution is 1.06. The number of hydrogen-bond donors (Lipinski definition) is 0. The van der Waals surface area contributed by atoms with Gasteiger partial charge < -0.3 is 0 Å². The standard InChI is InChI=1S/C5H10S3/c1-3-5-6-4(2)7-8-5/h4-5H,3H2,1-2H3/t4-,5+/m1/s1. The molecule has 0 aromatic heterocycles. The van der Waals surface area contributed by atoms with Gasteiger partial charge in [-0.15, -0.1) is 11.8 Å². The molecule has 1 aliphatic heterocycles. The minimum absolute atomic E-state index is 0.824. The van der Waals surface area contributed by atoms with Crippen LogP contribution >= 0.6 is 33.3 Å². The van der Waals surface area contributed by atoms with Gasteiger partial charge in [-0.2, -0.15) is 0 Å². The summed E-state index contributed by atoms with van der Waals surface area (Å²) in [6.07, 6.45) is 1.31. The van der Waals surface area contributed by atoms with Crippen LogP contribution in [0.15, 0.2) is 0 Å². The van der Waals surface area contributed by atoms with Crippen LogP contribution in [0.4, 0.5) is 0 Å². The van der Waals surface area contributed by atoms with Crippen LogP contribution in [0.5, 0.6) is 0 Å². The van der Waals surface area contributed by atoms with Crippen molar-refractivity contribution in [3.8, 4) is 0 Å². The molecule has 1 aliphatic rings. The molecular formula is C5H10S3. The zero-order chi connectivity index (χ0) is 5.98. The predicted molar refractivity (Wildman–Crippen MR) is 46.3 cm³/mol. The van der Waals surface area contributed by atoms with Crippen LogP contribution in [0.25, 0.3) is 0 Å². The molecule has 0 aromatic carbocycles. The highest BCUT2D eigenvalue weighted by molar-refractivity contribution is 8.82. The summed E-state index contributed by atoms with van der Waals surface area (Å²) in [6, 6.07) is 0. The third-order valence-electron chi connectivity index (χ3n) is 0.975. The third-order valence-corrected chi connectivity index (χ3v) is 6.80. The van der Waals surface area contributed by atoms with E-state index < -0.39 is 0 Å². The van der Waals surface area contributed by atoms with Gasteiger partial charge in [-0.05, 0) is 13.3 Å². The first kappa shape index (κ1) is 7.16. The monoisotopic (exact) mass is 166 g/mol. The fourth-order valence-corrected chi connectivity index (χ4v) is 5.96. The smallest absolute Gasteiger partial charge is 0.0615 e. The Morgan fingerprint density at radius 3 is 2.38 bits per heavy atom. The lowest BCUT2D eigenvalue weighted by atomic mass is 10.6. The van der Waals surface area contributed by atoms with E-state index in [9.17, 15) is 0 Å². The van der Waals surface area contributed by atoms with Crippen LogP contribution in [0, 0.1) is 0 Å². The van der Waals surface area contributed by atoms with E-state index in [1.54, 1.807) is 0 Å².